The molecule has 0 aliphatic carbocycles. The average molecular weight is 453 g/mol. The number of rotatable bonds is 7. The number of esters is 1. The second-order valence-electron chi connectivity index (χ2n) is 7.70. The van der Waals surface area contributed by atoms with Crippen LogP contribution < -0.4 is 5.32 Å². The molecular formula is C27H24N4O3. The molecule has 2 aromatic carbocycles. The maximum atomic E-state index is 12.7. The van der Waals surface area contributed by atoms with Crippen LogP contribution >= 0.6 is 0 Å². The molecule has 4 rings (SSSR count). The van der Waals surface area contributed by atoms with E-state index in [9.17, 15) is 9.59 Å². The highest BCUT2D eigenvalue weighted by Crippen LogP contribution is 2.23. The Kier molecular flexibility index (Phi) is 6.93. The number of ether oxygens (including phenoxy) is 1. The zero-order valence-corrected chi connectivity index (χ0v) is 18.9. The molecule has 0 saturated carbocycles. The molecule has 1 N–H and O–H groups in total. The summed E-state index contributed by atoms with van der Waals surface area (Å²) in [5, 5.41) is 7.57. The van der Waals surface area contributed by atoms with Crippen molar-refractivity contribution in [3.63, 3.8) is 0 Å². The van der Waals surface area contributed by atoms with Gasteiger partial charge in [0.15, 0.2) is 0 Å². The predicted octanol–water partition coefficient (Wildman–Crippen LogP) is 4.74. The van der Waals surface area contributed by atoms with Gasteiger partial charge >= 0.3 is 5.97 Å². The van der Waals surface area contributed by atoms with Crippen molar-refractivity contribution in [1.29, 1.82) is 0 Å². The minimum Gasteiger partial charge on any atom is -0.465 e. The first-order valence-electron chi connectivity index (χ1n) is 10.7. The Balaban J connectivity index is 1.58. The minimum absolute atomic E-state index is 0.321. The summed E-state index contributed by atoms with van der Waals surface area (Å²) in [5.74, 6) is -0.781. The molecule has 7 heteroatoms. The number of carbonyl (C=O) groups is 2. The van der Waals surface area contributed by atoms with Crippen molar-refractivity contribution in [2.24, 2.45) is 0 Å². The summed E-state index contributed by atoms with van der Waals surface area (Å²) in [4.78, 5) is 28.7. The number of aryl methyl sites for hydroxylation is 1. The first-order valence-corrected chi connectivity index (χ1v) is 10.7. The zero-order valence-electron chi connectivity index (χ0n) is 18.9. The van der Waals surface area contributed by atoms with E-state index in [1.165, 1.54) is 13.2 Å². The molecule has 2 aromatic heterocycles. The molecule has 170 valence electrons. The van der Waals surface area contributed by atoms with E-state index in [-0.39, 0.29) is 5.91 Å². The molecule has 1 amide bonds. The number of pyridine rings is 1. The maximum Gasteiger partial charge on any atom is 0.337 e. The molecule has 0 spiro atoms. The lowest BCUT2D eigenvalue weighted by Crippen LogP contribution is -2.10. The Morgan fingerprint density at radius 3 is 2.65 bits per heavy atom. The van der Waals surface area contributed by atoms with Crippen molar-refractivity contribution in [3.8, 4) is 11.3 Å². The summed E-state index contributed by atoms with van der Waals surface area (Å²) >= 11 is 0. The number of nitrogens with one attached hydrogen (secondary N) is 1. The van der Waals surface area contributed by atoms with Gasteiger partial charge in [0, 0.05) is 41.5 Å². The van der Waals surface area contributed by atoms with Gasteiger partial charge in [-0.3, -0.25) is 14.5 Å². The topological polar surface area (TPSA) is 86.1 Å². The van der Waals surface area contributed by atoms with Gasteiger partial charge in [0.2, 0.25) is 5.91 Å². The fourth-order valence-corrected chi connectivity index (χ4v) is 3.48. The van der Waals surface area contributed by atoms with E-state index in [0.717, 1.165) is 27.9 Å². The monoisotopic (exact) mass is 452 g/mol. The van der Waals surface area contributed by atoms with Gasteiger partial charge in [-0.2, -0.15) is 5.10 Å². The van der Waals surface area contributed by atoms with E-state index >= 15 is 0 Å². The standard InChI is InChI=1S/C27H24N4O3/c1-19-10-11-21(27(33)34-2)15-24(19)29-25(32)13-12-23-18-31(17-20-7-4-3-5-8-20)30-26(23)22-9-6-14-28-16-22/h3-16,18H,17H2,1-2H3,(H,29,32)/b13-12+. The number of carbonyl (C=O) groups excluding carboxylic acids is 2. The molecule has 0 unspecified atom stereocenters. The number of hydrogen-bond donors (Lipinski definition) is 1. The highest BCUT2D eigenvalue weighted by atomic mass is 16.5. The fourth-order valence-electron chi connectivity index (χ4n) is 3.48. The van der Waals surface area contributed by atoms with Crippen LogP contribution in [0.3, 0.4) is 0 Å². The van der Waals surface area contributed by atoms with Crippen LogP contribution in [0.15, 0.2) is 85.3 Å². The van der Waals surface area contributed by atoms with Crippen LogP contribution in [0, 0.1) is 6.92 Å². The van der Waals surface area contributed by atoms with Gasteiger partial charge in [-0.05, 0) is 48.4 Å². The number of methoxy groups -OCH3 is 1. The molecule has 0 saturated heterocycles. The molecule has 0 bridgehead atoms. The highest BCUT2D eigenvalue weighted by molar-refractivity contribution is 6.03. The van der Waals surface area contributed by atoms with Crippen LogP contribution in [-0.4, -0.2) is 33.8 Å². The minimum atomic E-state index is -0.460. The number of benzene rings is 2. The molecule has 0 atom stereocenters. The van der Waals surface area contributed by atoms with Gasteiger partial charge in [0.25, 0.3) is 0 Å². The first kappa shape index (κ1) is 22.7. The highest BCUT2D eigenvalue weighted by Gasteiger charge is 2.12. The third-order valence-corrected chi connectivity index (χ3v) is 5.24. The third kappa shape index (κ3) is 5.45. The van der Waals surface area contributed by atoms with Crippen LogP contribution in [0.2, 0.25) is 0 Å². The Labute approximate surface area is 197 Å². The molecule has 4 aromatic rings. The molecule has 0 radical (unpaired) electrons. The second kappa shape index (κ2) is 10.4. The van der Waals surface area contributed by atoms with Gasteiger partial charge in [-0.1, -0.05) is 36.4 Å². The van der Waals surface area contributed by atoms with Crippen molar-refractivity contribution in [3.05, 3.63) is 108 Å². The Bertz CT molecular complexity index is 1330. The number of amides is 1. The molecule has 0 aliphatic rings. The summed E-state index contributed by atoms with van der Waals surface area (Å²) in [7, 11) is 1.32. The van der Waals surface area contributed by atoms with Crippen LogP contribution in [0.4, 0.5) is 5.69 Å². The van der Waals surface area contributed by atoms with Gasteiger partial charge in [0.1, 0.15) is 5.69 Å². The molecule has 2 heterocycles. The maximum absolute atomic E-state index is 12.7. The van der Waals surface area contributed by atoms with E-state index in [1.54, 1.807) is 36.7 Å². The lowest BCUT2D eigenvalue weighted by atomic mass is 10.1. The lowest BCUT2D eigenvalue weighted by Gasteiger charge is -2.08. The largest absolute Gasteiger partial charge is 0.465 e. The summed E-state index contributed by atoms with van der Waals surface area (Å²) in [6, 6.07) is 18.8. The third-order valence-electron chi connectivity index (χ3n) is 5.24. The smallest absolute Gasteiger partial charge is 0.337 e. The first-order chi connectivity index (χ1) is 16.5. The SMILES string of the molecule is COC(=O)c1ccc(C)c(NC(=O)/C=C/c2cn(Cc3ccccc3)nc2-c2cccnc2)c1. The van der Waals surface area contributed by atoms with E-state index in [1.807, 2.05) is 60.3 Å². The van der Waals surface area contributed by atoms with Crippen LogP contribution in [0.25, 0.3) is 17.3 Å². The Morgan fingerprint density at radius 1 is 1.09 bits per heavy atom. The van der Waals surface area contributed by atoms with Crippen molar-refractivity contribution in [2.45, 2.75) is 13.5 Å². The molecule has 0 fully saturated rings. The van der Waals surface area contributed by atoms with Crippen molar-refractivity contribution in [2.75, 3.05) is 12.4 Å². The number of anilines is 1. The number of nitrogens with zero attached hydrogens (tertiary/aromatic N) is 3. The number of hydrogen-bond acceptors (Lipinski definition) is 5. The van der Waals surface area contributed by atoms with Crippen LogP contribution in [-0.2, 0) is 16.1 Å². The van der Waals surface area contributed by atoms with Crippen molar-refractivity contribution >= 4 is 23.6 Å². The summed E-state index contributed by atoms with van der Waals surface area (Å²) in [5.41, 5.74) is 5.25. The quantitative estimate of drug-likeness (QED) is 0.323. The Morgan fingerprint density at radius 2 is 1.91 bits per heavy atom. The average Bonchev–Trinajstić information content (AvgIpc) is 3.27. The van der Waals surface area contributed by atoms with Gasteiger partial charge in [0.05, 0.1) is 19.2 Å². The Hall–Kier alpha value is -4.52. The van der Waals surface area contributed by atoms with Gasteiger partial charge in [-0.25, -0.2) is 4.79 Å². The van der Waals surface area contributed by atoms with Crippen LogP contribution in [0.5, 0.6) is 0 Å². The zero-order chi connectivity index (χ0) is 23.9. The summed E-state index contributed by atoms with van der Waals surface area (Å²) in [6.07, 6.45) is 8.54. The van der Waals surface area contributed by atoms with E-state index in [2.05, 4.69) is 10.3 Å². The summed E-state index contributed by atoms with van der Waals surface area (Å²) < 4.78 is 6.61. The normalized spacial score (nSPS) is 10.9. The number of aromatic nitrogens is 3. The molecule has 7 nitrogen and oxygen atoms in total. The fraction of sp³-hybridized carbons (Fsp3) is 0.111. The van der Waals surface area contributed by atoms with E-state index in [0.29, 0.717) is 17.8 Å². The molecule has 0 aliphatic heterocycles. The molecule has 34 heavy (non-hydrogen) atoms. The van der Waals surface area contributed by atoms with E-state index < -0.39 is 5.97 Å². The van der Waals surface area contributed by atoms with Gasteiger partial charge in [-0.15, -0.1) is 0 Å². The predicted molar refractivity (Wildman–Crippen MR) is 131 cm³/mol. The lowest BCUT2D eigenvalue weighted by molar-refractivity contribution is -0.111. The second-order valence-corrected chi connectivity index (χ2v) is 7.70. The van der Waals surface area contributed by atoms with Crippen molar-refractivity contribution < 1.29 is 14.3 Å². The van der Waals surface area contributed by atoms with Gasteiger partial charge < -0.3 is 10.1 Å². The summed E-state index contributed by atoms with van der Waals surface area (Å²) in [6.45, 7) is 2.46. The van der Waals surface area contributed by atoms with Crippen molar-refractivity contribution in [1.82, 2.24) is 14.8 Å². The molecular weight excluding hydrogens is 428 g/mol. The van der Waals surface area contributed by atoms with E-state index in [4.69, 9.17) is 9.84 Å². The van der Waals surface area contributed by atoms with Crippen LogP contribution in [0.1, 0.15) is 27.0 Å².